The highest BCUT2D eigenvalue weighted by atomic mass is 16.5. The molecule has 1 atom stereocenters. The van der Waals surface area contributed by atoms with Gasteiger partial charge in [-0.15, -0.1) is 0 Å². The average Bonchev–Trinajstić information content (AvgIpc) is 2.61. The highest BCUT2D eigenvalue weighted by Gasteiger charge is 2.12. The third-order valence-corrected chi connectivity index (χ3v) is 3.88. The Morgan fingerprint density at radius 2 is 1.71 bits per heavy atom. The molecule has 0 bridgehead atoms. The van der Waals surface area contributed by atoms with Crippen LogP contribution in [0.4, 0.5) is 0 Å². The van der Waals surface area contributed by atoms with E-state index in [9.17, 15) is 4.79 Å². The molecule has 128 valence electrons. The lowest BCUT2D eigenvalue weighted by Crippen LogP contribution is -2.10. The second-order valence-corrected chi connectivity index (χ2v) is 5.88. The molecule has 0 heterocycles. The van der Waals surface area contributed by atoms with E-state index in [1.165, 1.54) is 0 Å². The Balaban J connectivity index is 2.05. The standard InChI is InChI=1S/C21H26O3/c1-4-8-18-9-6-7-10-20(18)24-21(22)19-13-11-17(12-14-19)16(3)23-15-5-2/h6-7,9-14,16H,4-5,8,15H2,1-3H3. The SMILES string of the molecule is CCCOC(C)c1ccc(C(=O)Oc2ccccc2CCC)cc1. The number of para-hydroxylation sites is 1. The van der Waals surface area contributed by atoms with E-state index in [0.29, 0.717) is 11.3 Å². The van der Waals surface area contributed by atoms with Crippen LogP contribution in [0.2, 0.25) is 0 Å². The Bertz CT molecular complexity index is 646. The summed E-state index contributed by atoms with van der Waals surface area (Å²) >= 11 is 0. The number of hydrogen-bond acceptors (Lipinski definition) is 3. The van der Waals surface area contributed by atoms with Crippen LogP contribution in [0.3, 0.4) is 0 Å². The molecule has 2 rings (SSSR count). The molecule has 0 aliphatic heterocycles. The number of carbonyl (C=O) groups excluding carboxylic acids is 1. The molecule has 0 fully saturated rings. The largest absolute Gasteiger partial charge is 0.423 e. The maximum atomic E-state index is 12.4. The van der Waals surface area contributed by atoms with Crippen molar-refractivity contribution in [2.75, 3.05) is 6.61 Å². The van der Waals surface area contributed by atoms with Crippen molar-refractivity contribution in [2.24, 2.45) is 0 Å². The van der Waals surface area contributed by atoms with Crippen LogP contribution < -0.4 is 4.74 Å². The zero-order valence-corrected chi connectivity index (χ0v) is 14.7. The van der Waals surface area contributed by atoms with Crippen LogP contribution in [0, 0.1) is 0 Å². The first-order valence-corrected chi connectivity index (χ1v) is 8.67. The smallest absolute Gasteiger partial charge is 0.343 e. The summed E-state index contributed by atoms with van der Waals surface area (Å²) in [5, 5.41) is 0. The first-order chi connectivity index (χ1) is 11.7. The van der Waals surface area contributed by atoms with Gasteiger partial charge in [0.25, 0.3) is 0 Å². The highest BCUT2D eigenvalue weighted by molar-refractivity contribution is 5.91. The van der Waals surface area contributed by atoms with E-state index < -0.39 is 0 Å². The van der Waals surface area contributed by atoms with Crippen LogP contribution in [-0.2, 0) is 11.2 Å². The minimum atomic E-state index is -0.327. The fraction of sp³-hybridized carbons (Fsp3) is 0.381. The van der Waals surface area contributed by atoms with Crippen LogP contribution in [-0.4, -0.2) is 12.6 Å². The molecule has 0 saturated carbocycles. The second-order valence-electron chi connectivity index (χ2n) is 5.88. The summed E-state index contributed by atoms with van der Waals surface area (Å²) in [6, 6.07) is 15.1. The molecular weight excluding hydrogens is 300 g/mol. The van der Waals surface area contributed by atoms with Gasteiger partial charge in [-0.2, -0.15) is 0 Å². The summed E-state index contributed by atoms with van der Waals surface area (Å²) in [4.78, 5) is 12.4. The van der Waals surface area contributed by atoms with Gasteiger partial charge in [0.05, 0.1) is 11.7 Å². The Morgan fingerprint density at radius 1 is 1.00 bits per heavy atom. The molecule has 0 aromatic heterocycles. The zero-order chi connectivity index (χ0) is 17.4. The monoisotopic (exact) mass is 326 g/mol. The molecule has 3 heteroatoms. The molecular formula is C21H26O3. The van der Waals surface area contributed by atoms with E-state index in [1.54, 1.807) is 12.1 Å². The topological polar surface area (TPSA) is 35.5 Å². The predicted molar refractivity (Wildman–Crippen MR) is 96.5 cm³/mol. The molecule has 1 unspecified atom stereocenters. The van der Waals surface area contributed by atoms with Crippen molar-refractivity contribution >= 4 is 5.97 Å². The lowest BCUT2D eigenvalue weighted by molar-refractivity contribution is 0.0660. The molecule has 0 amide bonds. The lowest BCUT2D eigenvalue weighted by atomic mass is 10.1. The van der Waals surface area contributed by atoms with E-state index in [4.69, 9.17) is 9.47 Å². The number of benzene rings is 2. The van der Waals surface area contributed by atoms with Crippen LogP contribution in [0.1, 0.15) is 61.2 Å². The molecule has 0 N–H and O–H groups in total. The first kappa shape index (κ1) is 18.2. The average molecular weight is 326 g/mol. The fourth-order valence-corrected chi connectivity index (χ4v) is 2.52. The molecule has 0 radical (unpaired) electrons. The van der Waals surface area contributed by atoms with E-state index >= 15 is 0 Å². The Kier molecular flexibility index (Phi) is 7.01. The van der Waals surface area contributed by atoms with Crippen LogP contribution in [0.5, 0.6) is 5.75 Å². The van der Waals surface area contributed by atoms with Gasteiger partial charge in [-0.1, -0.05) is 50.6 Å². The quantitative estimate of drug-likeness (QED) is 0.485. The van der Waals surface area contributed by atoms with Crippen molar-refractivity contribution < 1.29 is 14.3 Å². The molecule has 2 aromatic rings. The summed E-state index contributed by atoms with van der Waals surface area (Å²) in [5.41, 5.74) is 2.67. The summed E-state index contributed by atoms with van der Waals surface area (Å²) in [6.45, 7) is 6.95. The van der Waals surface area contributed by atoms with Crippen molar-refractivity contribution in [1.29, 1.82) is 0 Å². The van der Waals surface area contributed by atoms with Crippen molar-refractivity contribution in [2.45, 2.75) is 46.1 Å². The van der Waals surface area contributed by atoms with Gasteiger partial charge in [-0.05, 0) is 49.1 Å². The van der Waals surface area contributed by atoms with Crippen molar-refractivity contribution in [3.05, 3.63) is 65.2 Å². The summed E-state index contributed by atoms with van der Waals surface area (Å²) in [6.07, 6.45) is 2.93. The van der Waals surface area contributed by atoms with Gasteiger partial charge >= 0.3 is 5.97 Å². The molecule has 0 aliphatic rings. The van der Waals surface area contributed by atoms with Crippen molar-refractivity contribution in [3.8, 4) is 5.75 Å². The Morgan fingerprint density at radius 3 is 2.38 bits per heavy atom. The van der Waals surface area contributed by atoms with Gasteiger partial charge in [0.2, 0.25) is 0 Å². The van der Waals surface area contributed by atoms with E-state index in [2.05, 4.69) is 13.8 Å². The van der Waals surface area contributed by atoms with Gasteiger partial charge < -0.3 is 9.47 Å². The van der Waals surface area contributed by atoms with Crippen LogP contribution in [0.25, 0.3) is 0 Å². The number of aryl methyl sites for hydroxylation is 1. The van der Waals surface area contributed by atoms with Crippen LogP contribution >= 0.6 is 0 Å². The predicted octanol–water partition coefficient (Wildman–Crippen LogP) is 5.35. The normalized spacial score (nSPS) is 12.0. The molecule has 24 heavy (non-hydrogen) atoms. The summed E-state index contributed by atoms with van der Waals surface area (Å²) in [7, 11) is 0. The number of ether oxygens (including phenoxy) is 2. The fourth-order valence-electron chi connectivity index (χ4n) is 2.52. The Hall–Kier alpha value is -2.13. The number of carbonyl (C=O) groups is 1. The molecule has 0 aliphatic carbocycles. The van der Waals surface area contributed by atoms with Gasteiger partial charge in [0.15, 0.2) is 0 Å². The molecule has 2 aromatic carbocycles. The van der Waals surface area contributed by atoms with Crippen molar-refractivity contribution in [1.82, 2.24) is 0 Å². The maximum absolute atomic E-state index is 12.4. The van der Waals surface area contributed by atoms with E-state index in [1.807, 2.05) is 43.3 Å². The minimum absolute atomic E-state index is 0.0281. The van der Waals surface area contributed by atoms with Crippen molar-refractivity contribution in [3.63, 3.8) is 0 Å². The zero-order valence-electron chi connectivity index (χ0n) is 14.7. The molecule has 0 spiro atoms. The number of esters is 1. The number of rotatable bonds is 8. The maximum Gasteiger partial charge on any atom is 0.343 e. The summed E-state index contributed by atoms with van der Waals surface area (Å²) in [5.74, 6) is 0.320. The molecule has 0 saturated heterocycles. The van der Waals surface area contributed by atoms with Gasteiger partial charge in [-0.3, -0.25) is 0 Å². The minimum Gasteiger partial charge on any atom is -0.423 e. The number of hydrogen-bond donors (Lipinski definition) is 0. The summed E-state index contributed by atoms with van der Waals surface area (Å²) < 4.78 is 11.3. The third-order valence-electron chi connectivity index (χ3n) is 3.88. The van der Waals surface area contributed by atoms with Gasteiger partial charge in [-0.25, -0.2) is 4.79 Å². The van der Waals surface area contributed by atoms with Gasteiger partial charge in [0.1, 0.15) is 5.75 Å². The molecule has 3 nitrogen and oxygen atoms in total. The van der Waals surface area contributed by atoms with Gasteiger partial charge in [0, 0.05) is 6.61 Å². The first-order valence-electron chi connectivity index (χ1n) is 8.67. The van der Waals surface area contributed by atoms with Crippen LogP contribution in [0.15, 0.2) is 48.5 Å². The highest BCUT2D eigenvalue weighted by Crippen LogP contribution is 2.22. The van der Waals surface area contributed by atoms with E-state index in [0.717, 1.165) is 37.0 Å². The lowest BCUT2D eigenvalue weighted by Gasteiger charge is -2.13. The third kappa shape index (κ3) is 4.93. The Labute approximate surface area is 144 Å². The second kappa shape index (κ2) is 9.24. The van der Waals surface area contributed by atoms with E-state index in [-0.39, 0.29) is 12.1 Å².